The van der Waals surface area contributed by atoms with Crippen molar-refractivity contribution < 1.29 is 9.90 Å². The second kappa shape index (κ2) is 6.68. The van der Waals surface area contributed by atoms with Crippen LogP contribution in [0, 0.1) is 0 Å². The molecule has 0 spiro atoms. The third-order valence-electron chi connectivity index (χ3n) is 3.22. The van der Waals surface area contributed by atoms with Crippen LogP contribution in [0.25, 0.3) is 0 Å². The number of benzene rings is 2. The Morgan fingerprint density at radius 3 is 2.55 bits per heavy atom. The third kappa shape index (κ3) is 3.46. The first-order valence-corrected chi connectivity index (χ1v) is 7.18. The summed E-state index contributed by atoms with van der Waals surface area (Å²) < 4.78 is 1.05. The van der Waals surface area contributed by atoms with E-state index in [4.69, 9.17) is 5.11 Å². The van der Waals surface area contributed by atoms with Crippen molar-refractivity contribution in [2.24, 2.45) is 0 Å². The average molecular weight is 334 g/mol. The lowest BCUT2D eigenvalue weighted by Crippen LogP contribution is -2.20. The van der Waals surface area contributed by atoms with Gasteiger partial charge in [0.2, 0.25) is 0 Å². The molecule has 4 heteroatoms. The molecule has 0 saturated heterocycles. The number of carboxylic acids is 1. The third-order valence-corrected chi connectivity index (χ3v) is 3.94. The zero-order valence-corrected chi connectivity index (χ0v) is 12.7. The second-order valence-corrected chi connectivity index (χ2v) is 5.44. The fraction of sp³-hybridized carbons (Fsp3) is 0.188. The fourth-order valence-corrected chi connectivity index (χ4v) is 2.71. The lowest BCUT2D eigenvalue weighted by atomic mass is 10.1. The van der Waals surface area contributed by atoms with Crippen LogP contribution in [-0.4, -0.2) is 11.1 Å². The van der Waals surface area contributed by atoms with E-state index in [0.717, 1.165) is 15.6 Å². The number of carbonyl (C=O) groups is 1. The highest BCUT2D eigenvalue weighted by atomic mass is 79.9. The predicted octanol–water partition coefficient (Wildman–Crippen LogP) is 4.00. The van der Waals surface area contributed by atoms with Crippen molar-refractivity contribution in [3.05, 3.63) is 69.7 Å². The smallest absolute Gasteiger partial charge is 0.336 e. The van der Waals surface area contributed by atoms with Crippen molar-refractivity contribution in [3.63, 3.8) is 0 Å². The van der Waals surface area contributed by atoms with Crippen molar-refractivity contribution in [1.29, 1.82) is 0 Å². The number of hydrogen-bond acceptors (Lipinski definition) is 2. The largest absolute Gasteiger partial charge is 0.478 e. The summed E-state index contributed by atoms with van der Waals surface area (Å²) in [5, 5.41) is 12.5. The zero-order valence-electron chi connectivity index (χ0n) is 11.1. The molecule has 0 fully saturated rings. The van der Waals surface area contributed by atoms with E-state index in [0.29, 0.717) is 12.1 Å². The van der Waals surface area contributed by atoms with Crippen molar-refractivity contribution in [3.8, 4) is 0 Å². The van der Waals surface area contributed by atoms with Gasteiger partial charge in [-0.15, -0.1) is 0 Å². The molecule has 104 valence electrons. The van der Waals surface area contributed by atoms with Crippen LogP contribution in [0.4, 0.5) is 0 Å². The molecule has 0 aromatic heterocycles. The number of halogens is 1. The van der Waals surface area contributed by atoms with Gasteiger partial charge in [0.25, 0.3) is 0 Å². The van der Waals surface area contributed by atoms with E-state index in [1.807, 2.05) is 36.4 Å². The molecule has 1 atom stereocenters. The van der Waals surface area contributed by atoms with E-state index in [1.54, 1.807) is 12.1 Å². The maximum absolute atomic E-state index is 11.2. The highest BCUT2D eigenvalue weighted by Gasteiger charge is 2.12. The molecule has 2 aromatic rings. The molecule has 2 aromatic carbocycles. The summed E-state index contributed by atoms with van der Waals surface area (Å²) in [7, 11) is 0. The average Bonchev–Trinajstić information content (AvgIpc) is 2.45. The van der Waals surface area contributed by atoms with Gasteiger partial charge in [-0.3, -0.25) is 0 Å². The maximum atomic E-state index is 11.2. The van der Waals surface area contributed by atoms with Gasteiger partial charge in [0.05, 0.1) is 5.56 Å². The molecule has 2 N–H and O–H groups in total. The SMILES string of the molecule is C[C@@H](NCc1ccccc1C(=O)O)c1ccccc1Br. The summed E-state index contributed by atoms with van der Waals surface area (Å²) >= 11 is 3.53. The van der Waals surface area contributed by atoms with Crippen molar-refractivity contribution in [1.82, 2.24) is 5.32 Å². The molecular weight excluding hydrogens is 318 g/mol. The number of hydrogen-bond donors (Lipinski definition) is 2. The van der Waals surface area contributed by atoms with Gasteiger partial charge in [0, 0.05) is 17.1 Å². The van der Waals surface area contributed by atoms with E-state index >= 15 is 0 Å². The number of rotatable bonds is 5. The van der Waals surface area contributed by atoms with Gasteiger partial charge in [-0.25, -0.2) is 4.79 Å². The Labute approximate surface area is 126 Å². The minimum atomic E-state index is -0.893. The number of carboxylic acid groups (broad SMARTS) is 1. The summed E-state index contributed by atoms with van der Waals surface area (Å²) in [6.45, 7) is 2.58. The van der Waals surface area contributed by atoms with Crippen LogP contribution in [0.15, 0.2) is 53.0 Å². The van der Waals surface area contributed by atoms with Crippen LogP contribution in [0.3, 0.4) is 0 Å². The predicted molar refractivity (Wildman–Crippen MR) is 82.8 cm³/mol. The first kappa shape index (κ1) is 14.8. The molecule has 3 nitrogen and oxygen atoms in total. The first-order valence-electron chi connectivity index (χ1n) is 6.38. The first-order chi connectivity index (χ1) is 9.59. The Kier molecular flexibility index (Phi) is 4.93. The molecule has 0 radical (unpaired) electrons. The summed E-state index contributed by atoms with van der Waals surface area (Å²) in [5.74, 6) is -0.893. The molecule has 0 saturated carbocycles. The molecular formula is C16H16BrNO2. The van der Waals surface area contributed by atoms with Crippen LogP contribution in [0.1, 0.15) is 34.5 Å². The van der Waals surface area contributed by atoms with Crippen molar-refractivity contribution in [2.75, 3.05) is 0 Å². The molecule has 0 aliphatic carbocycles. The molecule has 0 aliphatic rings. The van der Waals surface area contributed by atoms with Gasteiger partial charge < -0.3 is 10.4 Å². The summed E-state index contributed by atoms with van der Waals surface area (Å²) in [4.78, 5) is 11.2. The van der Waals surface area contributed by atoms with Gasteiger partial charge in [-0.2, -0.15) is 0 Å². The van der Waals surface area contributed by atoms with Gasteiger partial charge in [0.15, 0.2) is 0 Å². The van der Waals surface area contributed by atoms with Crippen LogP contribution < -0.4 is 5.32 Å². The lowest BCUT2D eigenvalue weighted by molar-refractivity contribution is 0.0695. The Morgan fingerprint density at radius 2 is 1.85 bits per heavy atom. The van der Waals surface area contributed by atoms with Gasteiger partial charge in [0.1, 0.15) is 0 Å². The lowest BCUT2D eigenvalue weighted by Gasteiger charge is -2.16. The van der Waals surface area contributed by atoms with E-state index in [9.17, 15) is 4.79 Å². The van der Waals surface area contributed by atoms with Crippen LogP contribution in [0.5, 0.6) is 0 Å². The topological polar surface area (TPSA) is 49.3 Å². The molecule has 0 unspecified atom stereocenters. The molecule has 0 aliphatic heterocycles. The highest BCUT2D eigenvalue weighted by Crippen LogP contribution is 2.23. The Bertz CT molecular complexity index is 613. The van der Waals surface area contributed by atoms with E-state index < -0.39 is 5.97 Å². The molecule has 2 rings (SSSR count). The van der Waals surface area contributed by atoms with Crippen molar-refractivity contribution >= 4 is 21.9 Å². The minimum absolute atomic E-state index is 0.132. The van der Waals surface area contributed by atoms with Crippen LogP contribution in [-0.2, 0) is 6.54 Å². The Balaban J connectivity index is 2.10. The molecule has 0 bridgehead atoms. The monoisotopic (exact) mass is 333 g/mol. The summed E-state index contributed by atoms with van der Waals surface area (Å²) in [6, 6.07) is 15.2. The second-order valence-electron chi connectivity index (χ2n) is 4.59. The molecule has 0 amide bonds. The quantitative estimate of drug-likeness (QED) is 0.869. The molecule has 0 heterocycles. The fourth-order valence-electron chi connectivity index (χ4n) is 2.08. The van der Waals surface area contributed by atoms with E-state index in [-0.39, 0.29) is 6.04 Å². The zero-order chi connectivity index (χ0) is 14.5. The Hall–Kier alpha value is -1.65. The highest BCUT2D eigenvalue weighted by molar-refractivity contribution is 9.10. The maximum Gasteiger partial charge on any atom is 0.336 e. The van der Waals surface area contributed by atoms with E-state index in [2.05, 4.69) is 28.2 Å². The Morgan fingerprint density at radius 1 is 1.20 bits per heavy atom. The standard InChI is InChI=1S/C16H16BrNO2/c1-11(13-7-4-5-9-15(13)17)18-10-12-6-2-3-8-14(12)16(19)20/h2-9,11,18H,10H2,1H3,(H,19,20)/t11-/m1/s1. The van der Waals surface area contributed by atoms with Gasteiger partial charge in [-0.1, -0.05) is 52.3 Å². The van der Waals surface area contributed by atoms with Crippen LogP contribution in [0.2, 0.25) is 0 Å². The minimum Gasteiger partial charge on any atom is -0.478 e. The molecule has 20 heavy (non-hydrogen) atoms. The van der Waals surface area contributed by atoms with Crippen molar-refractivity contribution in [2.45, 2.75) is 19.5 Å². The van der Waals surface area contributed by atoms with Gasteiger partial charge >= 0.3 is 5.97 Å². The summed E-state index contributed by atoms with van der Waals surface area (Å²) in [5.41, 5.74) is 2.29. The van der Waals surface area contributed by atoms with E-state index in [1.165, 1.54) is 0 Å². The number of nitrogens with one attached hydrogen (secondary N) is 1. The van der Waals surface area contributed by atoms with Crippen LogP contribution >= 0.6 is 15.9 Å². The number of aromatic carboxylic acids is 1. The summed E-state index contributed by atoms with van der Waals surface area (Å²) in [6.07, 6.45) is 0. The normalized spacial score (nSPS) is 12.1. The van der Waals surface area contributed by atoms with Gasteiger partial charge in [-0.05, 0) is 30.2 Å².